The van der Waals surface area contributed by atoms with E-state index < -0.39 is 0 Å². The first-order valence-electron chi connectivity index (χ1n) is 3.86. The summed E-state index contributed by atoms with van der Waals surface area (Å²) >= 11 is 0. The van der Waals surface area contributed by atoms with Gasteiger partial charge in [0.05, 0.1) is 0 Å². The third-order valence-corrected chi connectivity index (χ3v) is 1.49. The summed E-state index contributed by atoms with van der Waals surface area (Å²) in [5, 5.41) is 7.93. The SMILES string of the molecule is CC(C)CC1=NN=CCC1. The third kappa shape index (κ3) is 2.29. The highest BCUT2D eigenvalue weighted by molar-refractivity contribution is 5.88. The van der Waals surface area contributed by atoms with Crippen molar-refractivity contribution in [3.63, 3.8) is 0 Å². The van der Waals surface area contributed by atoms with Gasteiger partial charge in [0.25, 0.3) is 0 Å². The first-order valence-corrected chi connectivity index (χ1v) is 3.86. The minimum atomic E-state index is 0.715. The molecule has 1 rings (SSSR count). The van der Waals surface area contributed by atoms with Gasteiger partial charge in [-0.3, -0.25) is 0 Å². The topological polar surface area (TPSA) is 24.7 Å². The van der Waals surface area contributed by atoms with Crippen LogP contribution in [-0.4, -0.2) is 11.9 Å². The summed E-state index contributed by atoms with van der Waals surface area (Å²) in [5.41, 5.74) is 1.26. The van der Waals surface area contributed by atoms with Gasteiger partial charge in [-0.15, -0.1) is 0 Å². The van der Waals surface area contributed by atoms with Crippen LogP contribution in [0.25, 0.3) is 0 Å². The fraction of sp³-hybridized carbons (Fsp3) is 0.750. The van der Waals surface area contributed by atoms with Crippen LogP contribution in [0.3, 0.4) is 0 Å². The van der Waals surface area contributed by atoms with E-state index in [-0.39, 0.29) is 0 Å². The van der Waals surface area contributed by atoms with Gasteiger partial charge >= 0.3 is 0 Å². The van der Waals surface area contributed by atoms with Gasteiger partial charge in [-0.05, 0) is 25.2 Å². The zero-order valence-corrected chi connectivity index (χ0v) is 6.67. The molecule has 56 valence electrons. The molecule has 0 aromatic carbocycles. The van der Waals surface area contributed by atoms with Crippen molar-refractivity contribution < 1.29 is 0 Å². The molecule has 1 aliphatic rings. The largest absolute Gasteiger partial charge is 0.164 e. The van der Waals surface area contributed by atoms with Crippen molar-refractivity contribution in [1.82, 2.24) is 0 Å². The van der Waals surface area contributed by atoms with E-state index in [1.165, 1.54) is 5.71 Å². The van der Waals surface area contributed by atoms with Gasteiger partial charge in [-0.2, -0.15) is 10.2 Å². The maximum Gasteiger partial charge on any atom is 0.0412 e. The second-order valence-corrected chi connectivity index (χ2v) is 3.10. The van der Waals surface area contributed by atoms with Crippen molar-refractivity contribution in [3.05, 3.63) is 0 Å². The van der Waals surface area contributed by atoms with Gasteiger partial charge in [0, 0.05) is 11.9 Å². The molecule has 0 bridgehead atoms. The minimum absolute atomic E-state index is 0.715. The van der Waals surface area contributed by atoms with E-state index >= 15 is 0 Å². The van der Waals surface area contributed by atoms with E-state index in [2.05, 4.69) is 24.1 Å². The van der Waals surface area contributed by atoms with Crippen molar-refractivity contribution in [2.24, 2.45) is 16.1 Å². The predicted octanol–water partition coefficient (Wildman–Crippen LogP) is 2.25. The zero-order valence-electron chi connectivity index (χ0n) is 6.67. The first kappa shape index (κ1) is 7.45. The molecule has 0 fully saturated rings. The summed E-state index contributed by atoms with van der Waals surface area (Å²) in [4.78, 5) is 0. The van der Waals surface area contributed by atoms with E-state index in [4.69, 9.17) is 0 Å². The van der Waals surface area contributed by atoms with Crippen LogP contribution in [0.1, 0.15) is 33.1 Å². The highest BCUT2D eigenvalue weighted by Gasteiger charge is 2.04. The van der Waals surface area contributed by atoms with E-state index in [1.807, 2.05) is 6.21 Å². The predicted molar refractivity (Wildman–Crippen MR) is 44.6 cm³/mol. The quantitative estimate of drug-likeness (QED) is 0.559. The Balaban J connectivity index is 2.39. The van der Waals surface area contributed by atoms with Crippen LogP contribution >= 0.6 is 0 Å². The lowest BCUT2D eigenvalue weighted by Crippen LogP contribution is -2.05. The molecule has 0 aliphatic carbocycles. The fourth-order valence-corrected chi connectivity index (χ4v) is 1.08. The van der Waals surface area contributed by atoms with Crippen LogP contribution in [0.5, 0.6) is 0 Å². The van der Waals surface area contributed by atoms with Gasteiger partial charge in [0.15, 0.2) is 0 Å². The number of nitrogens with zero attached hydrogens (tertiary/aromatic N) is 2. The van der Waals surface area contributed by atoms with Crippen molar-refractivity contribution in [2.45, 2.75) is 33.1 Å². The molecule has 0 unspecified atom stereocenters. The lowest BCUT2D eigenvalue weighted by Gasteiger charge is -2.07. The molecule has 0 amide bonds. The smallest absolute Gasteiger partial charge is 0.0412 e. The molecule has 0 saturated carbocycles. The fourth-order valence-electron chi connectivity index (χ4n) is 1.08. The van der Waals surface area contributed by atoms with Gasteiger partial charge in [0.1, 0.15) is 0 Å². The third-order valence-electron chi connectivity index (χ3n) is 1.49. The minimum Gasteiger partial charge on any atom is -0.164 e. The maximum atomic E-state index is 4.06. The summed E-state index contributed by atoms with van der Waals surface area (Å²) in [6.45, 7) is 4.42. The molecule has 0 atom stereocenters. The maximum absolute atomic E-state index is 4.06. The Kier molecular flexibility index (Phi) is 2.60. The summed E-state index contributed by atoms with van der Waals surface area (Å²) in [5.74, 6) is 0.715. The summed E-state index contributed by atoms with van der Waals surface area (Å²) in [7, 11) is 0. The number of hydrogen-bond donors (Lipinski definition) is 0. The van der Waals surface area contributed by atoms with Crippen LogP contribution in [0, 0.1) is 5.92 Å². The van der Waals surface area contributed by atoms with Gasteiger partial charge in [-0.1, -0.05) is 13.8 Å². The molecule has 0 N–H and O–H groups in total. The molecular formula is C8H14N2. The molecule has 0 radical (unpaired) electrons. The van der Waals surface area contributed by atoms with Crippen molar-refractivity contribution in [2.75, 3.05) is 0 Å². The summed E-state index contributed by atoms with van der Waals surface area (Å²) in [6, 6.07) is 0. The normalized spacial score (nSPS) is 17.7. The van der Waals surface area contributed by atoms with E-state index in [9.17, 15) is 0 Å². The van der Waals surface area contributed by atoms with Gasteiger partial charge in [-0.25, -0.2) is 0 Å². The van der Waals surface area contributed by atoms with Gasteiger partial charge in [0.2, 0.25) is 0 Å². The molecule has 0 saturated heterocycles. The Morgan fingerprint density at radius 2 is 2.40 bits per heavy atom. The Morgan fingerprint density at radius 1 is 1.60 bits per heavy atom. The van der Waals surface area contributed by atoms with Crippen molar-refractivity contribution in [3.8, 4) is 0 Å². The molecule has 0 spiro atoms. The van der Waals surface area contributed by atoms with E-state index in [0.29, 0.717) is 5.92 Å². The highest BCUT2D eigenvalue weighted by Crippen LogP contribution is 2.08. The molecule has 0 aromatic rings. The van der Waals surface area contributed by atoms with Crippen molar-refractivity contribution in [1.29, 1.82) is 0 Å². The first-order chi connectivity index (χ1) is 4.79. The van der Waals surface area contributed by atoms with Crippen LogP contribution in [0.4, 0.5) is 0 Å². The lowest BCUT2D eigenvalue weighted by molar-refractivity contribution is 0.673. The lowest BCUT2D eigenvalue weighted by atomic mass is 10.0. The second kappa shape index (κ2) is 3.49. The molecule has 0 aromatic heterocycles. The number of hydrogen-bond acceptors (Lipinski definition) is 2. The van der Waals surface area contributed by atoms with Crippen LogP contribution in [-0.2, 0) is 0 Å². The number of rotatable bonds is 2. The second-order valence-electron chi connectivity index (χ2n) is 3.10. The summed E-state index contributed by atoms with van der Waals surface area (Å²) in [6.07, 6.45) is 5.18. The van der Waals surface area contributed by atoms with Crippen molar-refractivity contribution >= 4 is 11.9 Å². The molecule has 1 heterocycles. The average molecular weight is 138 g/mol. The Hall–Kier alpha value is -0.660. The van der Waals surface area contributed by atoms with Gasteiger partial charge < -0.3 is 0 Å². The van der Waals surface area contributed by atoms with Crippen LogP contribution in [0.2, 0.25) is 0 Å². The Morgan fingerprint density at radius 3 is 2.90 bits per heavy atom. The molecule has 1 aliphatic heterocycles. The molecule has 10 heavy (non-hydrogen) atoms. The molecule has 2 nitrogen and oxygen atoms in total. The monoisotopic (exact) mass is 138 g/mol. The Bertz CT molecular complexity index is 157. The van der Waals surface area contributed by atoms with Crippen LogP contribution < -0.4 is 0 Å². The standard InChI is InChI=1S/C8H14N2/c1-7(2)6-8-4-3-5-9-10-8/h5,7H,3-4,6H2,1-2H3. The zero-order chi connectivity index (χ0) is 7.40. The van der Waals surface area contributed by atoms with E-state index in [0.717, 1.165) is 19.3 Å². The van der Waals surface area contributed by atoms with E-state index in [1.54, 1.807) is 0 Å². The summed E-state index contributed by atoms with van der Waals surface area (Å²) < 4.78 is 0. The Labute approximate surface area is 62.0 Å². The molecular weight excluding hydrogens is 124 g/mol. The average Bonchev–Trinajstić information content (AvgIpc) is 1.88. The highest BCUT2D eigenvalue weighted by atomic mass is 15.2. The molecule has 2 heteroatoms. The van der Waals surface area contributed by atoms with Crippen LogP contribution in [0.15, 0.2) is 10.2 Å².